The van der Waals surface area contributed by atoms with E-state index >= 15 is 0 Å². The monoisotopic (exact) mass is 1910 g/mol. The molecule has 12 fully saturated rings. The van der Waals surface area contributed by atoms with E-state index in [1.165, 1.54) is 473 Å². The Morgan fingerprint density at radius 1 is 0.109 bits per heavy atom. The maximum absolute atomic E-state index is 2.08. The molecule has 6 heteroatoms. The fourth-order valence-electron chi connectivity index (χ4n) is 13.8. The summed E-state index contributed by atoms with van der Waals surface area (Å²) in [5.41, 5.74) is 2.64. The molecule has 0 nitrogen and oxygen atoms in total. The maximum atomic E-state index is 2.08. The summed E-state index contributed by atoms with van der Waals surface area (Å²) in [5.74, 6) is 0. The van der Waals surface area contributed by atoms with Crippen molar-refractivity contribution < 1.29 is 0 Å². The van der Waals surface area contributed by atoms with Gasteiger partial charge in [0, 0.05) is 143 Å². The molecule has 12 aliphatic rings. The van der Waals surface area contributed by atoms with E-state index in [4.69, 9.17) is 0 Å². The van der Waals surface area contributed by atoms with Crippen LogP contribution in [0.2, 0.25) is 0 Å². The predicted octanol–water partition coefficient (Wildman–Crippen LogP) is 29.8. The summed E-state index contributed by atoms with van der Waals surface area (Å²) >= 11 is 0. The van der Waals surface area contributed by atoms with Crippen LogP contribution in [0, 0.1) is 13.8 Å². The van der Waals surface area contributed by atoms with E-state index in [1.54, 1.807) is 0 Å². The molecular weight excluding hydrogens is 1750 g/mol. The molecule has 0 heterocycles. The SMILES string of the molecule is C1CCCCC1.C1CCCCC1.C1CCCCC1.C1CCCCC1.C1CCCCC1.C1CCCCC1.C1CCCCC1.C1CCCCC1.C1CCCCC1.C1CCCCC1.C1CCCCC1.C1CCCCC1.Cc1ccccc1.Cc1ccccc1.[Sn].[Sn].[Sn].[Sn].[Sn].[Sn]. The second-order valence-corrected chi connectivity index (χ2v) is 28.8. The zero-order valence-corrected chi connectivity index (χ0v) is 79.8. The van der Waals surface area contributed by atoms with Crippen LogP contribution in [-0.2, 0) is 0 Å². The van der Waals surface area contributed by atoms with Crippen LogP contribution in [0.1, 0.15) is 473 Å². The summed E-state index contributed by atoms with van der Waals surface area (Å²) in [4.78, 5) is 0. The van der Waals surface area contributed by atoms with E-state index in [2.05, 4.69) is 38.1 Å². The molecule has 528 valence electrons. The Morgan fingerprint density at radius 3 is 0.196 bits per heavy atom. The standard InChI is InChI=1S/2C7H8.12C6H12.6Sn/c2*1-7-5-3-2-4-6-7;12*1-2-4-6-5-3-1;;;;;;/h2*2-6H,1H3;12*1-6H2;;;;;;. The zero-order chi connectivity index (χ0) is 61.1. The molecule has 2 aromatic rings. The maximum Gasteiger partial charge on any atom is 0 e. The minimum Gasteiger partial charge on any atom is -0.0622 e. The van der Waals surface area contributed by atoms with Gasteiger partial charge in [0.25, 0.3) is 0 Å². The average Bonchev–Trinajstić information content (AvgIpc) is 3.67. The Kier molecular flexibility index (Phi) is 114. The van der Waals surface area contributed by atoms with Gasteiger partial charge in [-0.2, -0.15) is 0 Å². The van der Waals surface area contributed by atoms with Crippen molar-refractivity contribution in [3.05, 3.63) is 71.8 Å². The van der Waals surface area contributed by atoms with Crippen molar-refractivity contribution in [3.8, 4) is 0 Å². The summed E-state index contributed by atoms with van der Waals surface area (Å²) in [7, 11) is 0. The quantitative estimate of drug-likeness (QED) is 0.231. The molecular formula is C86H160Sn6. The van der Waals surface area contributed by atoms with Gasteiger partial charge >= 0.3 is 0 Å². The van der Waals surface area contributed by atoms with Gasteiger partial charge in [0.05, 0.1) is 0 Å². The summed E-state index contributed by atoms with van der Waals surface area (Å²) < 4.78 is 0. The number of aryl methyl sites for hydroxylation is 2. The van der Waals surface area contributed by atoms with Crippen molar-refractivity contribution in [2.75, 3.05) is 0 Å². The van der Waals surface area contributed by atoms with Crippen molar-refractivity contribution >= 4 is 143 Å². The number of hydrogen-bond donors (Lipinski definition) is 0. The van der Waals surface area contributed by atoms with E-state index < -0.39 is 0 Å². The molecule has 0 N–H and O–H groups in total. The van der Waals surface area contributed by atoms with Crippen LogP contribution in [0.3, 0.4) is 0 Å². The molecule has 0 aliphatic heterocycles. The Labute approximate surface area is 683 Å². The molecule has 24 radical (unpaired) electrons. The van der Waals surface area contributed by atoms with Gasteiger partial charge < -0.3 is 0 Å². The van der Waals surface area contributed by atoms with E-state index in [-0.39, 0.29) is 143 Å². The normalized spacial score (nSPS) is 20.1. The Bertz CT molecular complexity index is 977. The molecule has 0 amide bonds. The van der Waals surface area contributed by atoms with Gasteiger partial charge in [-0.15, -0.1) is 0 Å². The molecule has 0 unspecified atom stereocenters. The van der Waals surface area contributed by atoms with Gasteiger partial charge in [0.1, 0.15) is 0 Å². The smallest absolute Gasteiger partial charge is 0 e. The molecule has 14 rings (SSSR count). The van der Waals surface area contributed by atoms with E-state index in [9.17, 15) is 0 Å². The third-order valence-electron chi connectivity index (χ3n) is 19.9. The third-order valence-corrected chi connectivity index (χ3v) is 19.9. The summed E-state index contributed by atoms with van der Waals surface area (Å²) in [6.45, 7) is 4.17. The summed E-state index contributed by atoms with van der Waals surface area (Å²) in [6.07, 6.45) is 108. The van der Waals surface area contributed by atoms with E-state index in [1.807, 2.05) is 36.4 Å². The van der Waals surface area contributed by atoms with Crippen LogP contribution in [-0.4, -0.2) is 143 Å². The van der Waals surface area contributed by atoms with Crippen LogP contribution in [0.15, 0.2) is 60.7 Å². The van der Waals surface area contributed by atoms with Crippen molar-refractivity contribution in [1.29, 1.82) is 0 Å². The number of rotatable bonds is 0. The van der Waals surface area contributed by atoms with Crippen LogP contribution in [0.5, 0.6) is 0 Å². The molecule has 2 aromatic carbocycles. The van der Waals surface area contributed by atoms with Crippen LogP contribution >= 0.6 is 0 Å². The summed E-state index contributed by atoms with van der Waals surface area (Å²) in [6, 6.07) is 20.5. The minimum atomic E-state index is 0. The minimum absolute atomic E-state index is 0. The van der Waals surface area contributed by atoms with Crippen LogP contribution < -0.4 is 0 Å². The van der Waals surface area contributed by atoms with Crippen molar-refractivity contribution in [2.45, 2.75) is 476 Å². The van der Waals surface area contributed by atoms with Crippen molar-refractivity contribution in [3.63, 3.8) is 0 Å². The zero-order valence-electron chi connectivity index (χ0n) is 62.7. The molecule has 0 aromatic heterocycles. The van der Waals surface area contributed by atoms with Crippen molar-refractivity contribution in [1.82, 2.24) is 0 Å². The first-order chi connectivity index (χ1) is 42.8. The average molecular weight is 1910 g/mol. The van der Waals surface area contributed by atoms with Gasteiger partial charge in [0.2, 0.25) is 0 Å². The molecule has 12 saturated carbocycles. The van der Waals surface area contributed by atoms with Crippen LogP contribution in [0.4, 0.5) is 0 Å². The Morgan fingerprint density at radius 2 is 0.163 bits per heavy atom. The second-order valence-electron chi connectivity index (χ2n) is 28.8. The fourth-order valence-corrected chi connectivity index (χ4v) is 13.8. The number of benzene rings is 2. The van der Waals surface area contributed by atoms with Gasteiger partial charge in [-0.1, -0.05) is 534 Å². The second kappa shape index (κ2) is 98.4. The van der Waals surface area contributed by atoms with E-state index in [0.717, 1.165) is 0 Å². The molecule has 12 aliphatic carbocycles. The largest absolute Gasteiger partial charge is 0.0622 e. The predicted molar refractivity (Wildman–Crippen MR) is 429 cm³/mol. The first kappa shape index (κ1) is 106. The first-order valence-corrected chi connectivity index (χ1v) is 40.8. The first-order valence-electron chi connectivity index (χ1n) is 40.8. The summed E-state index contributed by atoms with van der Waals surface area (Å²) in [5, 5.41) is 0. The van der Waals surface area contributed by atoms with Gasteiger partial charge in [-0.05, 0) is 13.8 Å². The Hall–Kier alpha value is 3.23. The Balaban J connectivity index is -0.000000215. The number of hydrogen-bond acceptors (Lipinski definition) is 0. The third kappa shape index (κ3) is 95.3. The molecule has 92 heavy (non-hydrogen) atoms. The topological polar surface area (TPSA) is 0 Å². The van der Waals surface area contributed by atoms with Gasteiger partial charge in [0.15, 0.2) is 0 Å². The van der Waals surface area contributed by atoms with Gasteiger partial charge in [-0.3, -0.25) is 0 Å². The molecule has 0 atom stereocenters. The molecule has 0 saturated heterocycles. The van der Waals surface area contributed by atoms with Crippen LogP contribution in [0.25, 0.3) is 0 Å². The van der Waals surface area contributed by atoms with E-state index in [0.29, 0.717) is 0 Å². The fraction of sp³-hybridized carbons (Fsp3) is 0.860. The van der Waals surface area contributed by atoms with Gasteiger partial charge in [-0.25, -0.2) is 0 Å². The van der Waals surface area contributed by atoms with Crippen molar-refractivity contribution in [2.24, 2.45) is 0 Å². The molecule has 0 bridgehead atoms. The molecule has 0 spiro atoms.